The van der Waals surface area contributed by atoms with Gasteiger partial charge >= 0.3 is 0 Å². The van der Waals surface area contributed by atoms with Crippen molar-refractivity contribution in [1.29, 1.82) is 5.16 Å². The van der Waals surface area contributed by atoms with Crippen LogP contribution in [-0.2, 0) is 0 Å². The van der Waals surface area contributed by atoms with Gasteiger partial charge in [-0.3, -0.25) is 5.16 Å². The van der Waals surface area contributed by atoms with Gasteiger partial charge in [-0.2, -0.15) is 0 Å². The third kappa shape index (κ3) is 40.5. The molecule has 0 heterocycles. The highest BCUT2D eigenvalue weighted by molar-refractivity contribution is 8.25. The van der Waals surface area contributed by atoms with Gasteiger partial charge in [0.2, 0.25) is 5.11 Å². The Morgan fingerprint density at radius 1 is 1.20 bits per heavy atom. The Bertz CT molecular complexity index is 53.0. The zero-order valence-corrected chi connectivity index (χ0v) is 5.24. The summed E-state index contributed by atoms with van der Waals surface area (Å²) >= 11 is 14.5. The first-order valence-corrected chi connectivity index (χ1v) is 5.23. The molecule has 1 nitrogen and oxygen atoms in total. The normalized spacial score (nSPS) is 11.8. The van der Waals surface area contributed by atoms with Crippen LogP contribution in [0.4, 0.5) is 0 Å². The van der Waals surface area contributed by atoms with Gasteiger partial charge in [0.1, 0.15) is 0 Å². The average molecular weight is 152 g/mol. The molecule has 0 aromatic rings. The van der Waals surface area contributed by atoms with Gasteiger partial charge in [0.05, 0.1) is 0 Å². The van der Waals surface area contributed by atoms with E-state index in [0.717, 1.165) is 0 Å². The molecule has 0 spiro atoms. The number of hydrogen-bond acceptors (Lipinski definition) is 1. The first kappa shape index (κ1) is 6.10. The maximum absolute atomic E-state index is 6.34. The summed E-state index contributed by atoms with van der Waals surface area (Å²) in [4.78, 5) is 0. The predicted molar refractivity (Wildman–Crippen MR) is 27.2 cm³/mol. The Kier molecular flexibility index (Phi) is 2.07. The molecular weight excluding hydrogens is 151 g/mol. The lowest BCUT2D eigenvalue weighted by Gasteiger charge is -1.81. The minimum Gasteiger partial charge on any atom is -0.277 e. The van der Waals surface area contributed by atoms with Crippen LogP contribution >= 0.6 is 38.8 Å². The summed E-state index contributed by atoms with van der Waals surface area (Å²) in [5.74, 6) is 0. The van der Waals surface area contributed by atoms with Crippen LogP contribution in [-0.4, -0.2) is 0 Å². The second-order valence-electron chi connectivity index (χ2n) is 0.445. The Balaban J connectivity index is 3.47. The molecular formula is HCl3NP. The Morgan fingerprint density at radius 3 is 1.20 bits per heavy atom. The monoisotopic (exact) mass is 151 g/mol. The Morgan fingerprint density at radius 2 is 1.20 bits per heavy atom. The highest BCUT2D eigenvalue weighted by atomic mass is 36.0. The summed E-state index contributed by atoms with van der Waals surface area (Å²) in [6, 6.07) is 0. The molecule has 0 saturated heterocycles. The van der Waals surface area contributed by atoms with E-state index in [0.29, 0.717) is 0 Å². The van der Waals surface area contributed by atoms with E-state index in [1.165, 1.54) is 0 Å². The standard InChI is InChI=1S/Cl3HNP/c1-5(2,3)4/h4H. The summed E-state index contributed by atoms with van der Waals surface area (Å²) < 4.78 is 0. The third-order valence-electron chi connectivity index (χ3n) is 0. The van der Waals surface area contributed by atoms with Gasteiger partial charge in [0, 0.05) is 0 Å². The minimum atomic E-state index is -2.72. The summed E-state index contributed by atoms with van der Waals surface area (Å²) in [6.07, 6.45) is 0. The number of nitrogens with one attached hydrogen (secondary N) is 1. The van der Waals surface area contributed by atoms with Crippen LogP contribution in [0.5, 0.6) is 0 Å². The lowest BCUT2D eigenvalue weighted by atomic mass is 14.0. The van der Waals surface area contributed by atoms with Crippen LogP contribution in [0.3, 0.4) is 0 Å². The molecule has 0 aliphatic heterocycles. The number of hydrogen-bond donors (Lipinski definition) is 1. The molecule has 0 rings (SSSR count). The first-order chi connectivity index (χ1) is 2.00. The van der Waals surface area contributed by atoms with E-state index in [2.05, 4.69) is 0 Å². The average Bonchev–Trinajstić information content (AvgIpc) is 0.722. The smallest absolute Gasteiger partial charge is 0.221 e. The van der Waals surface area contributed by atoms with Crippen molar-refractivity contribution in [3.05, 3.63) is 0 Å². The van der Waals surface area contributed by atoms with E-state index in [1.54, 1.807) is 0 Å². The molecule has 0 aliphatic rings. The molecule has 0 bridgehead atoms. The lowest BCUT2D eigenvalue weighted by molar-refractivity contribution is 1.65. The molecule has 0 aliphatic carbocycles. The second-order valence-corrected chi connectivity index (χ2v) is 7.46. The third-order valence-corrected chi connectivity index (χ3v) is 0. The largest absolute Gasteiger partial charge is 0.277 e. The van der Waals surface area contributed by atoms with Gasteiger partial charge in [-0.05, 0) is 33.7 Å². The predicted octanol–water partition coefficient (Wildman–Crippen LogP) is 3.23. The lowest BCUT2D eigenvalue weighted by Crippen LogP contribution is -1.16. The zero-order valence-electron chi connectivity index (χ0n) is 2.08. The molecule has 0 aromatic carbocycles. The van der Waals surface area contributed by atoms with Gasteiger partial charge < -0.3 is 0 Å². The van der Waals surface area contributed by atoms with Crippen molar-refractivity contribution in [3.8, 4) is 0 Å². The fourth-order valence-electron chi connectivity index (χ4n) is 0. The van der Waals surface area contributed by atoms with Crippen LogP contribution in [0.2, 0.25) is 0 Å². The second kappa shape index (κ2) is 1.70. The van der Waals surface area contributed by atoms with Crippen molar-refractivity contribution in [3.63, 3.8) is 0 Å². The van der Waals surface area contributed by atoms with Gasteiger partial charge in [-0.1, -0.05) is 0 Å². The van der Waals surface area contributed by atoms with E-state index >= 15 is 0 Å². The molecule has 0 atom stereocenters. The van der Waals surface area contributed by atoms with Crippen LogP contribution in [0, 0.1) is 5.16 Å². The maximum Gasteiger partial charge on any atom is 0.221 e. The summed E-state index contributed by atoms with van der Waals surface area (Å²) in [6.45, 7) is 0. The SMILES string of the molecule is N=P(Cl)(Cl)Cl. The maximum atomic E-state index is 6.34. The van der Waals surface area contributed by atoms with Crippen LogP contribution < -0.4 is 0 Å². The molecule has 0 amide bonds. The van der Waals surface area contributed by atoms with Crippen molar-refractivity contribution >= 4 is 38.8 Å². The van der Waals surface area contributed by atoms with Crippen molar-refractivity contribution in [2.75, 3.05) is 0 Å². The van der Waals surface area contributed by atoms with Crippen LogP contribution in [0.25, 0.3) is 0 Å². The van der Waals surface area contributed by atoms with E-state index in [4.69, 9.17) is 38.9 Å². The molecule has 0 saturated carbocycles. The van der Waals surface area contributed by atoms with Gasteiger partial charge in [0.15, 0.2) is 0 Å². The summed E-state index contributed by atoms with van der Waals surface area (Å²) in [7, 11) is 0. The van der Waals surface area contributed by atoms with Crippen molar-refractivity contribution in [2.45, 2.75) is 0 Å². The molecule has 5 heteroatoms. The molecule has 32 valence electrons. The Hall–Kier alpha value is 1.10. The number of rotatable bonds is 0. The summed E-state index contributed by atoms with van der Waals surface area (Å²) in [5.41, 5.74) is 0. The number of halogens is 3. The highest BCUT2D eigenvalue weighted by Gasteiger charge is 1.95. The van der Waals surface area contributed by atoms with E-state index in [1.807, 2.05) is 0 Å². The van der Waals surface area contributed by atoms with Crippen molar-refractivity contribution in [1.82, 2.24) is 0 Å². The first-order valence-electron chi connectivity index (χ1n) is 0.731. The van der Waals surface area contributed by atoms with Crippen LogP contribution in [0.1, 0.15) is 0 Å². The molecule has 0 fully saturated rings. The van der Waals surface area contributed by atoms with Gasteiger partial charge in [0.25, 0.3) is 0 Å². The van der Waals surface area contributed by atoms with Crippen molar-refractivity contribution in [2.24, 2.45) is 0 Å². The van der Waals surface area contributed by atoms with E-state index in [9.17, 15) is 0 Å². The van der Waals surface area contributed by atoms with Gasteiger partial charge in [-0.25, -0.2) is 0 Å². The quantitative estimate of drug-likeness (QED) is 0.515. The summed E-state index contributed by atoms with van der Waals surface area (Å²) in [5, 5.41) is 3.62. The molecule has 5 heavy (non-hydrogen) atoms. The Labute approximate surface area is 44.4 Å². The molecule has 0 aromatic heterocycles. The molecule has 0 unspecified atom stereocenters. The van der Waals surface area contributed by atoms with E-state index in [-0.39, 0.29) is 0 Å². The fraction of sp³-hybridized carbons (Fsp3) is 0. The highest BCUT2D eigenvalue weighted by Crippen LogP contribution is 2.62. The zero-order chi connectivity index (χ0) is 4.50. The van der Waals surface area contributed by atoms with Crippen LogP contribution in [0.15, 0.2) is 0 Å². The molecule has 1 N–H and O–H groups in total. The van der Waals surface area contributed by atoms with Crippen molar-refractivity contribution < 1.29 is 0 Å². The van der Waals surface area contributed by atoms with Gasteiger partial charge in [-0.15, -0.1) is 0 Å². The van der Waals surface area contributed by atoms with E-state index < -0.39 is 5.11 Å². The topological polar surface area (TPSA) is 23.9 Å². The fourth-order valence-corrected chi connectivity index (χ4v) is 0. The molecule has 0 radical (unpaired) electrons. The minimum absolute atomic E-state index is 2.72.